The Morgan fingerprint density at radius 1 is 1.21 bits per heavy atom. The van der Waals surface area contributed by atoms with Crippen molar-refractivity contribution in [2.45, 2.75) is 57.0 Å². The van der Waals surface area contributed by atoms with E-state index in [0.29, 0.717) is 16.9 Å². The number of aliphatic hydroxyl groups is 1. The number of pyridine rings is 2. The van der Waals surface area contributed by atoms with Gasteiger partial charge in [-0.3, -0.25) is 18.4 Å². The highest BCUT2D eigenvalue weighted by Gasteiger charge is 2.53. The van der Waals surface area contributed by atoms with Crippen LogP contribution >= 0.6 is 7.82 Å². The Labute approximate surface area is 269 Å². The molecule has 0 aliphatic carbocycles. The number of esters is 1. The molecule has 248 valence electrons. The molecule has 5 aromatic rings. The van der Waals surface area contributed by atoms with Crippen LogP contribution in [0.5, 0.6) is 0 Å². The molecule has 3 aliphatic rings. The van der Waals surface area contributed by atoms with Gasteiger partial charge in [-0.15, -0.1) is 0 Å². The molecule has 0 amide bonds. The Balaban J connectivity index is 1.07. The van der Waals surface area contributed by atoms with Gasteiger partial charge in [0.1, 0.15) is 24.5 Å². The van der Waals surface area contributed by atoms with E-state index in [1.165, 1.54) is 15.5 Å². The number of hydrogen-bond acceptors (Lipinski definition) is 13. The summed E-state index contributed by atoms with van der Waals surface area (Å²) < 4.78 is 52.1. The molecule has 1 unspecified atom stereocenters. The molecule has 1 saturated heterocycles. The Hall–Kier alpha value is -4.64. The first-order chi connectivity index (χ1) is 23.0. The zero-order chi connectivity index (χ0) is 33.5. The highest BCUT2D eigenvalue weighted by atomic mass is 31.2. The predicted octanol–water partition coefficient (Wildman–Crippen LogP) is 2.43. The number of ether oxygens (including phenoxy) is 2. The molecule has 1 aromatic carbocycles. The molecule has 16 nitrogen and oxygen atoms in total. The molecular weight excluding hydrogens is 652 g/mol. The molecule has 3 aliphatic heterocycles. The number of imidazole rings is 1. The van der Waals surface area contributed by atoms with E-state index in [2.05, 4.69) is 15.0 Å². The quantitative estimate of drug-likeness (QED) is 0.126. The van der Waals surface area contributed by atoms with E-state index in [1.54, 1.807) is 13.0 Å². The molecular formula is C30H27FN7O9P. The fourth-order valence-electron chi connectivity index (χ4n) is 6.65. The van der Waals surface area contributed by atoms with Crippen molar-refractivity contribution in [2.75, 3.05) is 12.3 Å². The lowest BCUT2D eigenvalue weighted by Crippen LogP contribution is -2.46. The maximum Gasteiger partial charge on any atom is 0.473 e. The van der Waals surface area contributed by atoms with Gasteiger partial charge in [-0.25, -0.2) is 19.3 Å². The summed E-state index contributed by atoms with van der Waals surface area (Å²) >= 11 is 0. The molecule has 0 spiro atoms. The Bertz CT molecular complexity index is 2280. The van der Waals surface area contributed by atoms with E-state index in [-0.39, 0.29) is 54.1 Å². The van der Waals surface area contributed by atoms with E-state index >= 15 is 0 Å². The fourth-order valence-corrected chi connectivity index (χ4v) is 7.74. The second-order valence-electron chi connectivity index (χ2n) is 11.7. The van der Waals surface area contributed by atoms with Crippen molar-refractivity contribution in [1.29, 1.82) is 0 Å². The number of aromatic nitrogens is 6. The van der Waals surface area contributed by atoms with Gasteiger partial charge in [-0.2, -0.15) is 14.4 Å². The number of benzene rings is 1. The number of phosphoric acid groups is 1. The molecule has 18 heteroatoms. The zero-order valence-corrected chi connectivity index (χ0v) is 26.0. The molecule has 0 radical (unpaired) electrons. The van der Waals surface area contributed by atoms with E-state index in [4.69, 9.17) is 29.2 Å². The second kappa shape index (κ2) is 10.9. The summed E-state index contributed by atoms with van der Waals surface area (Å²) in [5.41, 5.74) is 6.08. The number of nitrogen functional groups attached to an aromatic ring is 1. The number of cyclic esters (lactones) is 1. The fraction of sp³-hybridized carbons (Fsp3) is 0.333. The van der Waals surface area contributed by atoms with Gasteiger partial charge in [0.2, 0.25) is 5.60 Å². The van der Waals surface area contributed by atoms with E-state index in [0.717, 1.165) is 10.9 Å². The largest absolute Gasteiger partial charge is 0.473 e. The average molecular weight is 680 g/mol. The SMILES string of the molecule is CC[C@@]1(OP(=O)(O)OC[C@H]2O[C@@H](n3cnc4nc(F)nc(N)c43)C[C@@H]2O)C(=O)OCc2c1cc1n(c2=O)Cc2cc3ccccc3nc2-1. The maximum absolute atomic E-state index is 13.8. The molecule has 0 bridgehead atoms. The van der Waals surface area contributed by atoms with Crippen LogP contribution in [0, 0.1) is 6.08 Å². The number of carbonyl (C=O) groups is 1. The molecule has 0 saturated carbocycles. The minimum Gasteiger partial charge on any atom is -0.458 e. The zero-order valence-electron chi connectivity index (χ0n) is 25.1. The lowest BCUT2D eigenvalue weighted by atomic mass is 9.86. The Kier molecular flexibility index (Phi) is 7.00. The van der Waals surface area contributed by atoms with Gasteiger partial charge in [0.05, 0.1) is 48.1 Å². The molecule has 4 aromatic heterocycles. The summed E-state index contributed by atoms with van der Waals surface area (Å²) in [4.78, 5) is 53.9. The third-order valence-electron chi connectivity index (χ3n) is 9.00. The molecule has 1 fully saturated rings. The van der Waals surface area contributed by atoms with E-state index in [1.807, 2.05) is 30.3 Å². The van der Waals surface area contributed by atoms with Crippen LogP contribution < -0.4 is 11.3 Å². The van der Waals surface area contributed by atoms with Crippen molar-refractivity contribution in [3.8, 4) is 11.4 Å². The normalized spacial score (nSPS) is 24.3. The first-order valence-corrected chi connectivity index (χ1v) is 16.5. The van der Waals surface area contributed by atoms with Crippen molar-refractivity contribution in [3.05, 3.63) is 75.8 Å². The molecule has 8 rings (SSSR count). The first kappa shape index (κ1) is 30.7. The van der Waals surface area contributed by atoms with Crippen molar-refractivity contribution >= 4 is 41.7 Å². The maximum atomic E-state index is 13.8. The van der Waals surface area contributed by atoms with Crippen LogP contribution in [0.4, 0.5) is 10.2 Å². The van der Waals surface area contributed by atoms with Gasteiger partial charge in [0.15, 0.2) is 11.5 Å². The summed E-state index contributed by atoms with van der Waals surface area (Å²) in [6.45, 7) is 0.819. The van der Waals surface area contributed by atoms with Crippen molar-refractivity contribution in [3.63, 3.8) is 0 Å². The molecule has 5 atom stereocenters. The van der Waals surface area contributed by atoms with Crippen LogP contribution in [0.25, 0.3) is 33.5 Å². The lowest BCUT2D eigenvalue weighted by molar-refractivity contribution is -0.171. The number of carbonyl (C=O) groups excluding carboxylic acids is 1. The number of fused-ring (bicyclic) bond motifs is 6. The summed E-state index contributed by atoms with van der Waals surface area (Å²) in [5.74, 6) is -1.16. The van der Waals surface area contributed by atoms with Crippen LogP contribution in [0.3, 0.4) is 0 Å². The topological polar surface area (TPSA) is 216 Å². The summed E-state index contributed by atoms with van der Waals surface area (Å²) in [7, 11) is -5.10. The van der Waals surface area contributed by atoms with Gasteiger partial charge in [-0.05, 0) is 24.6 Å². The molecule has 7 heterocycles. The van der Waals surface area contributed by atoms with Crippen LogP contribution in [0.15, 0.2) is 47.5 Å². The van der Waals surface area contributed by atoms with Crippen LogP contribution in [-0.2, 0) is 46.6 Å². The van der Waals surface area contributed by atoms with Gasteiger partial charge < -0.3 is 29.8 Å². The number of anilines is 1. The molecule has 4 N–H and O–H groups in total. The second-order valence-corrected chi connectivity index (χ2v) is 13.1. The molecule has 48 heavy (non-hydrogen) atoms. The van der Waals surface area contributed by atoms with Crippen LogP contribution in [0.1, 0.15) is 42.7 Å². The van der Waals surface area contributed by atoms with Gasteiger partial charge in [0.25, 0.3) is 5.56 Å². The third kappa shape index (κ3) is 4.73. The highest BCUT2D eigenvalue weighted by molar-refractivity contribution is 7.47. The standard InChI is InChI=1S/C30H27FN7O9P/c1-2-30(47-48(42,43)45-12-21-20(39)9-22(46-21)38-13-33-26-24(38)25(32)35-29(31)36-26)17-8-19-23-15(7-14-5-3-4-6-18(14)34-23)10-37(19)27(40)16(17)11-44-28(30)41/h3-8,13,20-22,39H,2,9-12H2,1H3,(H,42,43)(H2,32,35,36)/t20-,21+,22+,30-/m0/s1. The smallest absolute Gasteiger partial charge is 0.458 e. The number of nitrogens with two attached hydrogens (primary N) is 1. The van der Waals surface area contributed by atoms with Crippen LogP contribution in [0.2, 0.25) is 0 Å². The number of para-hydroxylation sites is 1. The van der Waals surface area contributed by atoms with Gasteiger partial charge in [0, 0.05) is 22.9 Å². The first-order valence-electron chi connectivity index (χ1n) is 15.0. The van der Waals surface area contributed by atoms with Crippen molar-refractivity contribution < 1.29 is 42.3 Å². The number of halogens is 1. The van der Waals surface area contributed by atoms with E-state index < -0.39 is 56.1 Å². The summed E-state index contributed by atoms with van der Waals surface area (Å²) in [6.07, 6.45) is -3.14. The summed E-state index contributed by atoms with van der Waals surface area (Å²) in [5, 5.41) is 11.6. The van der Waals surface area contributed by atoms with E-state index in [9.17, 15) is 28.5 Å². The number of rotatable bonds is 7. The number of hydrogen-bond donors (Lipinski definition) is 3. The number of aliphatic hydroxyl groups excluding tert-OH is 1. The third-order valence-corrected chi connectivity index (χ3v) is 10.0. The minimum absolute atomic E-state index is 0.00859. The Morgan fingerprint density at radius 2 is 2.02 bits per heavy atom. The monoisotopic (exact) mass is 679 g/mol. The van der Waals surface area contributed by atoms with Crippen molar-refractivity contribution in [1.82, 2.24) is 29.1 Å². The lowest BCUT2D eigenvalue weighted by Gasteiger charge is -2.36. The number of phosphoric ester groups is 1. The van der Waals surface area contributed by atoms with Gasteiger partial charge in [-0.1, -0.05) is 25.1 Å². The van der Waals surface area contributed by atoms with Crippen molar-refractivity contribution in [2.24, 2.45) is 0 Å². The van der Waals surface area contributed by atoms with Crippen LogP contribution in [-0.4, -0.2) is 63.9 Å². The average Bonchev–Trinajstić information content (AvgIpc) is 3.75. The number of nitrogens with zero attached hydrogens (tertiary/aromatic N) is 6. The predicted molar refractivity (Wildman–Crippen MR) is 163 cm³/mol. The highest BCUT2D eigenvalue weighted by Crippen LogP contribution is 2.54. The van der Waals surface area contributed by atoms with Gasteiger partial charge >= 0.3 is 19.9 Å². The summed E-state index contributed by atoms with van der Waals surface area (Å²) in [6, 6.07) is 11.0. The Morgan fingerprint density at radius 3 is 2.83 bits per heavy atom. The minimum atomic E-state index is -5.10.